The summed E-state index contributed by atoms with van der Waals surface area (Å²) in [5.41, 5.74) is 0. The van der Waals surface area contributed by atoms with Crippen molar-refractivity contribution in [1.29, 1.82) is 0 Å². The van der Waals surface area contributed by atoms with Gasteiger partial charge in [-0.15, -0.1) is 0 Å². The summed E-state index contributed by atoms with van der Waals surface area (Å²) in [5.74, 6) is -1.07. The van der Waals surface area contributed by atoms with Crippen LogP contribution in [0.1, 0.15) is 6.92 Å². The van der Waals surface area contributed by atoms with Crippen LogP contribution in [-0.2, 0) is 14.3 Å². The minimum atomic E-state index is -0.981. The number of thiol groups is 1. The van der Waals surface area contributed by atoms with Crippen molar-refractivity contribution in [2.45, 2.75) is 6.92 Å². The molecule has 4 nitrogen and oxygen atoms in total. The smallest absolute Gasteiger partial charge is 0.327 e. The largest absolute Gasteiger partial charge is 0.478 e. The molecule has 12 heavy (non-hydrogen) atoms. The summed E-state index contributed by atoms with van der Waals surface area (Å²) in [5, 5.41) is 7.60. The molecule has 0 aromatic rings. The number of rotatable bonds is 3. The molecular weight excluding hydrogens is 180 g/mol. The molecular formula is C7H12O4S. The van der Waals surface area contributed by atoms with Gasteiger partial charge >= 0.3 is 11.9 Å². The molecule has 0 aliphatic carbocycles. The molecule has 0 heterocycles. The fraction of sp³-hybridized carbons (Fsp3) is 0.429. The number of hydrogen-bond donors (Lipinski definition) is 2. The molecule has 0 aromatic carbocycles. The van der Waals surface area contributed by atoms with Crippen molar-refractivity contribution < 1.29 is 19.4 Å². The van der Waals surface area contributed by atoms with E-state index in [1.807, 2.05) is 0 Å². The maximum atomic E-state index is 10.1. The van der Waals surface area contributed by atoms with Gasteiger partial charge in [0.2, 0.25) is 0 Å². The standard InChI is InChI=1S/C4H8O2S.C3H4O2/c1-2-6-4(5)3-7;1-2-3(4)5/h7H,2-3H2,1H3;2H,1H2,(H,4,5). The Morgan fingerprint density at radius 3 is 2.17 bits per heavy atom. The summed E-state index contributed by atoms with van der Waals surface area (Å²) in [7, 11) is 0. The van der Waals surface area contributed by atoms with E-state index in [1.165, 1.54) is 0 Å². The average Bonchev–Trinajstić information content (AvgIpc) is 2.06. The Bertz CT molecular complexity index is 155. The van der Waals surface area contributed by atoms with Gasteiger partial charge in [-0.3, -0.25) is 4.79 Å². The van der Waals surface area contributed by atoms with Crippen LogP contribution in [0.5, 0.6) is 0 Å². The molecule has 0 aliphatic rings. The van der Waals surface area contributed by atoms with Crippen LogP contribution in [0.2, 0.25) is 0 Å². The zero-order chi connectivity index (χ0) is 9.98. The second-order valence-corrected chi connectivity index (χ2v) is 1.82. The lowest BCUT2D eigenvalue weighted by molar-refractivity contribution is -0.139. The minimum Gasteiger partial charge on any atom is -0.478 e. The van der Waals surface area contributed by atoms with Gasteiger partial charge in [0.15, 0.2) is 0 Å². The van der Waals surface area contributed by atoms with E-state index >= 15 is 0 Å². The maximum absolute atomic E-state index is 10.1. The lowest BCUT2D eigenvalue weighted by Gasteiger charge is -1.93. The van der Waals surface area contributed by atoms with Gasteiger partial charge in [0, 0.05) is 6.08 Å². The summed E-state index contributed by atoms with van der Waals surface area (Å²) >= 11 is 3.67. The number of carboxylic acids is 1. The van der Waals surface area contributed by atoms with Gasteiger partial charge in [-0.25, -0.2) is 4.79 Å². The zero-order valence-corrected chi connectivity index (χ0v) is 7.71. The SMILES string of the molecule is C=CC(=O)O.CCOC(=O)CS. The van der Waals surface area contributed by atoms with Crippen molar-refractivity contribution in [1.82, 2.24) is 0 Å². The van der Waals surface area contributed by atoms with Crippen molar-refractivity contribution in [2.75, 3.05) is 12.4 Å². The van der Waals surface area contributed by atoms with Gasteiger partial charge in [-0.1, -0.05) is 6.58 Å². The highest BCUT2D eigenvalue weighted by atomic mass is 32.1. The third-order valence-corrected chi connectivity index (χ3v) is 0.867. The van der Waals surface area contributed by atoms with E-state index in [0.29, 0.717) is 6.61 Å². The normalized spacial score (nSPS) is 7.50. The second kappa shape index (κ2) is 10.0. The predicted molar refractivity (Wildman–Crippen MR) is 48.3 cm³/mol. The highest BCUT2D eigenvalue weighted by molar-refractivity contribution is 7.81. The molecule has 70 valence electrons. The predicted octanol–water partition coefficient (Wildman–Crippen LogP) is 0.736. The average molecular weight is 192 g/mol. The monoisotopic (exact) mass is 192 g/mol. The molecule has 0 bridgehead atoms. The fourth-order valence-electron chi connectivity index (χ4n) is 0.207. The van der Waals surface area contributed by atoms with E-state index in [2.05, 4.69) is 23.9 Å². The van der Waals surface area contributed by atoms with E-state index in [1.54, 1.807) is 6.92 Å². The Balaban J connectivity index is 0. The maximum Gasteiger partial charge on any atom is 0.327 e. The summed E-state index contributed by atoms with van der Waals surface area (Å²) in [6, 6.07) is 0. The highest BCUT2D eigenvalue weighted by Gasteiger charge is 1.91. The Kier molecular flexibility index (Phi) is 11.4. The number of carbonyl (C=O) groups is 2. The van der Waals surface area contributed by atoms with Gasteiger partial charge in [0.05, 0.1) is 12.4 Å². The molecule has 1 N–H and O–H groups in total. The Morgan fingerprint density at radius 2 is 2.08 bits per heavy atom. The zero-order valence-electron chi connectivity index (χ0n) is 6.82. The fourth-order valence-corrected chi connectivity index (χ4v) is 0.298. The number of carbonyl (C=O) groups excluding carboxylic acids is 1. The number of carboxylic acid groups (broad SMARTS) is 1. The van der Waals surface area contributed by atoms with Crippen molar-refractivity contribution >= 4 is 24.6 Å². The Labute approximate surface area is 76.6 Å². The molecule has 0 saturated heterocycles. The van der Waals surface area contributed by atoms with Crippen molar-refractivity contribution in [3.8, 4) is 0 Å². The van der Waals surface area contributed by atoms with Gasteiger partial charge < -0.3 is 9.84 Å². The van der Waals surface area contributed by atoms with Crippen LogP contribution in [0.4, 0.5) is 0 Å². The van der Waals surface area contributed by atoms with E-state index in [4.69, 9.17) is 5.11 Å². The summed E-state index contributed by atoms with van der Waals surface area (Å²) in [6.45, 7) is 5.17. The first kappa shape index (κ1) is 13.6. The Hall–Kier alpha value is -0.970. The minimum absolute atomic E-state index is 0.174. The molecule has 0 unspecified atom stereocenters. The first-order valence-electron chi connectivity index (χ1n) is 3.20. The number of esters is 1. The second-order valence-electron chi connectivity index (χ2n) is 1.51. The van der Waals surface area contributed by atoms with E-state index in [9.17, 15) is 9.59 Å². The van der Waals surface area contributed by atoms with Crippen molar-refractivity contribution in [3.63, 3.8) is 0 Å². The molecule has 0 spiro atoms. The molecule has 5 heteroatoms. The molecule has 0 amide bonds. The van der Waals surface area contributed by atoms with Crippen LogP contribution in [0.15, 0.2) is 12.7 Å². The van der Waals surface area contributed by atoms with Crippen LogP contribution in [0.3, 0.4) is 0 Å². The van der Waals surface area contributed by atoms with Gasteiger partial charge in [0.25, 0.3) is 0 Å². The molecule has 0 aliphatic heterocycles. The third-order valence-electron chi connectivity index (χ3n) is 0.609. The Morgan fingerprint density at radius 1 is 1.67 bits per heavy atom. The molecule has 0 fully saturated rings. The van der Waals surface area contributed by atoms with Crippen molar-refractivity contribution in [2.24, 2.45) is 0 Å². The highest BCUT2D eigenvalue weighted by Crippen LogP contribution is 1.78. The van der Waals surface area contributed by atoms with Gasteiger partial charge in [0.1, 0.15) is 0 Å². The van der Waals surface area contributed by atoms with E-state index in [-0.39, 0.29) is 11.7 Å². The summed E-state index contributed by atoms with van der Waals surface area (Å²) in [4.78, 5) is 19.4. The lowest BCUT2D eigenvalue weighted by Crippen LogP contribution is -2.03. The van der Waals surface area contributed by atoms with E-state index in [0.717, 1.165) is 6.08 Å². The number of aliphatic carboxylic acids is 1. The summed E-state index contributed by atoms with van der Waals surface area (Å²) in [6.07, 6.45) is 0.833. The van der Waals surface area contributed by atoms with Gasteiger partial charge in [-0.2, -0.15) is 12.6 Å². The van der Waals surface area contributed by atoms with Crippen LogP contribution < -0.4 is 0 Å². The third kappa shape index (κ3) is 16.0. The van der Waals surface area contributed by atoms with Gasteiger partial charge in [-0.05, 0) is 6.92 Å². The molecule has 0 aromatic heterocycles. The molecule has 0 atom stereocenters. The topological polar surface area (TPSA) is 63.6 Å². The lowest BCUT2D eigenvalue weighted by atomic mass is 10.7. The molecule has 0 radical (unpaired) electrons. The number of hydrogen-bond acceptors (Lipinski definition) is 4. The van der Waals surface area contributed by atoms with Crippen LogP contribution >= 0.6 is 12.6 Å². The number of ether oxygens (including phenoxy) is 1. The first-order valence-corrected chi connectivity index (χ1v) is 3.83. The van der Waals surface area contributed by atoms with Crippen molar-refractivity contribution in [3.05, 3.63) is 12.7 Å². The molecule has 0 rings (SSSR count). The summed E-state index contributed by atoms with van der Waals surface area (Å²) < 4.78 is 4.48. The first-order chi connectivity index (χ1) is 5.58. The van der Waals surface area contributed by atoms with Crippen LogP contribution in [0, 0.1) is 0 Å². The van der Waals surface area contributed by atoms with Crippen LogP contribution in [-0.4, -0.2) is 29.4 Å². The van der Waals surface area contributed by atoms with E-state index < -0.39 is 5.97 Å². The van der Waals surface area contributed by atoms with Crippen LogP contribution in [0.25, 0.3) is 0 Å². The quantitative estimate of drug-likeness (QED) is 0.393. The molecule has 0 saturated carbocycles.